The van der Waals surface area contributed by atoms with Crippen LogP contribution >= 0.6 is 0 Å². The zero-order valence-electron chi connectivity index (χ0n) is 14.9. The van der Waals surface area contributed by atoms with Crippen LogP contribution in [0.2, 0.25) is 0 Å². The number of hydrogen-bond acceptors (Lipinski definition) is 4. The van der Waals surface area contributed by atoms with Crippen LogP contribution in [-0.2, 0) is 6.18 Å². The zero-order chi connectivity index (χ0) is 18.7. The van der Waals surface area contributed by atoms with Crippen molar-refractivity contribution in [3.63, 3.8) is 0 Å². The highest BCUT2D eigenvalue weighted by molar-refractivity contribution is 5.63. The molecule has 26 heavy (non-hydrogen) atoms. The van der Waals surface area contributed by atoms with Crippen LogP contribution in [0.1, 0.15) is 49.1 Å². The van der Waals surface area contributed by atoms with Crippen LogP contribution < -0.4 is 9.64 Å². The highest BCUT2D eigenvalue weighted by Gasteiger charge is 2.36. The number of aromatic nitrogens is 2. The van der Waals surface area contributed by atoms with Gasteiger partial charge in [0.05, 0.1) is 7.11 Å². The third-order valence-corrected chi connectivity index (χ3v) is 4.89. The zero-order valence-corrected chi connectivity index (χ0v) is 14.9. The van der Waals surface area contributed by atoms with Crippen molar-refractivity contribution in [1.82, 2.24) is 9.97 Å². The van der Waals surface area contributed by atoms with Gasteiger partial charge in [-0.25, -0.2) is 4.98 Å². The van der Waals surface area contributed by atoms with Gasteiger partial charge in [-0.05, 0) is 36.5 Å². The van der Waals surface area contributed by atoms with E-state index in [0.29, 0.717) is 11.6 Å². The summed E-state index contributed by atoms with van der Waals surface area (Å²) in [5.74, 6) is 0.254. The summed E-state index contributed by atoms with van der Waals surface area (Å²) in [6.07, 6.45) is 2.13. The summed E-state index contributed by atoms with van der Waals surface area (Å²) in [4.78, 5) is 9.00. The molecule has 0 aliphatic heterocycles. The number of nitrogens with zero attached hydrogens (tertiary/aromatic N) is 3. The molecule has 3 rings (SSSR count). The minimum Gasteiger partial charge on any atom is -0.467 e. The summed E-state index contributed by atoms with van der Waals surface area (Å²) in [6.45, 7) is 0. The van der Waals surface area contributed by atoms with Crippen LogP contribution in [0.4, 0.5) is 24.7 Å². The Labute approximate surface area is 151 Å². The van der Waals surface area contributed by atoms with Crippen LogP contribution in [-0.4, -0.2) is 24.1 Å². The summed E-state index contributed by atoms with van der Waals surface area (Å²) < 4.78 is 45.1. The second-order valence-electron chi connectivity index (χ2n) is 6.58. The predicted octanol–water partition coefficient (Wildman–Crippen LogP) is 5.32. The first-order chi connectivity index (χ1) is 12.4. The third-order valence-electron chi connectivity index (χ3n) is 4.89. The molecule has 0 radical (unpaired) electrons. The number of methoxy groups -OCH3 is 1. The van der Waals surface area contributed by atoms with Gasteiger partial charge in [0.1, 0.15) is 5.56 Å². The fourth-order valence-corrected chi connectivity index (χ4v) is 3.46. The number of hydrogen-bond donors (Lipinski definition) is 0. The number of benzene rings is 1. The Bertz CT molecular complexity index is 758. The van der Waals surface area contributed by atoms with Crippen LogP contribution in [0.3, 0.4) is 0 Å². The van der Waals surface area contributed by atoms with E-state index in [1.54, 1.807) is 13.1 Å². The van der Waals surface area contributed by atoms with Gasteiger partial charge in [-0.2, -0.15) is 18.2 Å². The summed E-state index contributed by atoms with van der Waals surface area (Å²) >= 11 is 0. The van der Waals surface area contributed by atoms with E-state index in [1.165, 1.54) is 36.8 Å². The van der Waals surface area contributed by atoms with Gasteiger partial charge < -0.3 is 9.64 Å². The molecule has 1 aliphatic rings. The molecule has 0 spiro atoms. The Morgan fingerprint density at radius 2 is 1.88 bits per heavy atom. The van der Waals surface area contributed by atoms with Crippen molar-refractivity contribution in [2.24, 2.45) is 0 Å². The molecular formula is C19H22F3N3O. The number of alkyl halides is 3. The van der Waals surface area contributed by atoms with E-state index in [9.17, 15) is 13.2 Å². The SMILES string of the molecule is COc1ncc(C(F)(F)F)c(N(C)c2cccc(C3CCCCC3)c2)n1. The van der Waals surface area contributed by atoms with Gasteiger partial charge in [-0.15, -0.1) is 0 Å². The number of ether oxygens (including phenoxy) is 1. The predicted molar refractivity (Wildman–Crippen MR) is 93.9 cm³/mol. The lowest BCUT2D eigenvalue weighted by Gasteiger charge is -2.25. The quantitative estimate of drug-likeness (QED) is 0.735. The Kier molecular flexibility index (Phi) is 5.34. The largest absolute Gasteiger partial charge is 0.467 e. The van der Waals surface area contributed by atoms with Gasteiger partial charge in [0.25, 0.3) is 0 Å². The molecule has 0 atom stereocenters. The average Bonchev–Trinajstić information content (AvgIpc) is 2.67. The molecule has 0 N–H and O–H groups in total. The van der Waals surface area contributed by atoms with Crippen molar-refractivity contribution < 1.29 is 17.9 Å². The van der Waals surface area contributed by atoms with E-state index in [0.717, 1.165) is 19.0 Å². The third kappa shape index (κ3) is 3.92. The van der Waals surface area contributed by atoms with Crippen LogP contribution in [0.25, 0.3) is 0 Å². The lowest BCUT2D eigenvalue weighted by molar-refractivity contribution is -0.137. The highest BCUT2D eigenvalue weighted by atomic mass is 19.4. The molecule has 1 fully saturated rings. The number of halogens is 3. The molecule has 0 bridgehead atoms. The molecule has 1 heterocycles. The normalized spacial score (nSPS) is 15.7. The lowest BCUT2D eigenvalue weighted by atomic mass is 9.84. The lowest BCUT2D eigenvalue weighted by Crippen LogP contribution is -2.19. The summed E-state index contributed by atoms with van der Waals surface area (Å²) in [6, 6.07) is 7.61. The maximum atomic E-state index is 13.4. The molecule has 140 valence electrons. The Morgan fingerprint density at radius 1 is 1.15 bits per heavy atom. The molecule has 1 aromatic heterocycles. The van der Waals surface area contributed by atoms with E-state index in [-0.39, 0.29) is 11.8 Å². The molecule has 1 saturated carbocycles. The van der Waals surface area contributed by atoms with Crippen LogP contribution in [0.15, 0.2) is 30.5 Å². The average molecular weight is 365 g/mol. The molecule has 0 unspecified atom stereocenters. The maximum absolute atomic E-state index is 13.4. The molecular weight excluding hydrogens is 343 g/mol. The summed E-state index contributed by atoms with van der Waals surface area (Å²) in [5, 5.41) is 0. The van der Waals surface area contributed by atoms with Crippen LogP contribution in [0.5, 0.6) is 6.01 Å². The molecule has 4 nitrogen and oxygen atoms in total. The summed E-state index contributed by atoms with van der Waals surface area (Å²) in [5.41, 5.74) is 0.951. The molecule has 2 aromatic rings. The van der Waals surface area contributed by atoms with Crippen molar-refractivity contribution in [2.45, 2.75) is 44.2 Å². The topological polar surface area (TPSA) is 38.2 Å². The monoisotopic (exact) mass is 365 g/mol. The van der Waals surface area contributed by atoms with E-state index in [4.69, 9.17) is 4.74 Å². The van der Waals surface area contributed by atoms with Gasteiger partial charge in [0, 0.05) is 18.9 Å². The first-order valence-corrected chi connectivity index (χ1v) is 8.72. The van der Waals surface area contributed by atoms with E-state index in [2.05, 4.69) is 16.0 Å². The Balaban J connectivity index is 1.97. The number of rotatable bonds is 4. The van der Waals surface area contributed by atoms with Crippen molar-refractivity contribution >= 4 is 11.5 Å². The van der Waals surface area contributed by atoms with Crippen molar-refractivity contribution in [1.29, 1.82) is 0 Å². The molecule has 0 saturated heterocycles. The first-order valence-electron chi connectivity index (χ1n) is 8.72. The first kappa shape index (κ1) is 18.5. The van der Waals surface area contributed by atoms with E-state index >= 15 is 0 Å². The van der Waals surface area contributed by atoms with Gasteiger partial charge >= 0.3 is 12.2 Å². The Morgan fingerprint density at radius 3 is 2.54 bits per heavy atom. The van der Waals surface area contributed by atoms with Crippen molar-refractivity contribution in [2.75, 3.05) is 19.1 Å². The number of anilines is 2. The van der Waals surface area contributed by atoms with Crippen LogP contribution in [0, 0.1) is 0 Å². The molecule has 7 heteroatoms. The minimum atomic E-state index is -4.54. The second-order valence-corrected chi connectivity index (χ2v) is 6.58. The minimum absolute atomic E-state index is 0.0942. The summed E-state index contributed by atoms with van der Waals surface area (Å²) in [7, 11) is 2.91. The Hall–Kier alpha value is -2.31. The van der Waals surface area contributed by atoms with Gasteiger partial charge in [-0.1, -0.05) is 31.4 Å². The van der Waals surface area contributed by atoms with Gasteiger partial charge in [0.2, 0.25) is 0 Å². The maximum Gasteiger partial charge on any atom is 0.421 e. The van der Waals surface area contributed by atoms with Gasteiger partial charge in [-0.3, -0.25) is 0 Å². The highest BCUT2D eigenvalue weighted by Crippen LogP contribution is 2.39. The fraction of sp³-hybridized carbons (Fsp3) is 0.474. The van der Waals surface area contributed by atoms with Gasteiger partial charge in [0.15, 0.2) is 5.82 Å². The molecule has 0 amide bonds. The molecule has 1 aliphatic carbocycles. The standard InChI is InChI=1S/C19H22F3N3O/c1-25(17-16(19(20,21)22)12-23-18(24-17)26-2)15-10-6-9-14(11-15)13-7-4-3-5-8-13/h6,9-13H,3-5,7-8H2,1-2H3. The smallest absolute Gasteiger partial charge is 0.421 e. The van der Waals surface area contributed by atoms with E-state index in [1.807, 2.05) is 12.1 Å². The fourth-order valence-electron chi connectivity index (χ4n) is 3.46. The van der Waals surface area contributed by atoms with E-state index < -0.39 is 11.7 Å². The second kappa shape index (κ2) is 7.51. The van der Waals surface area contributed by atoms with Crippen molar-refractivity contribution in [3.8, 4) is 6.01 Å². The van der Waals surface area contributed by atoms with Crippen molar-refractivity contribution in [3.05, 3.63) is 41.6 Å². The molecule has 1 aromatic carbocycles.